The van der Waals surface area contributed by atoms with Crippen LogP contribution in [0.15, 0.2) is 23.2 Å². The molecule has 1 amide bonds. The van der Waals surface area contributed by atoms with Crippen LogP contribution in [0.1, 0.15) is 30.9 Å². The minimum Gasteiger partial charge on any atom is -0.492 e. The van der Waals surface area contributed by atoms with Gasteiger partial charge in [-0.25, -0.2) is 0 Å². The molecular formula is C19H31IN4O2. The molecule has 1 aromatic rings. The smallest absolute Gasteiger partial charge is 0.222 e. The van der Waals surface area contributed by atoms with Crippen LogP contribution in [0.2, 0.25) is 0 Å². The van der Waals surface area contributed by atoms with E-state index in [9.17, 15) is 4.79 Å². The summed E-state index contributed by atoms with van der Waals surface area (Å²) in [5.41, 5.74) is 2.40. The summed E-state index contributed by atoms with van der Waals surface area (Å²) < 4.78 is 5.80. The number of benzene rings is 1. The van der Waals surface area contributed by atoms with Gasteiger partial charge in [0.05, 0.1) is 6.54 Å². The SMILES string of the molecule is CCC(=O)N1CCC(NC(=NC)NCCOc2cc(C)cc(C)c2)C1.I. The number of aryl methyl sites for hydroxylation is 2. The number of halogens is 1. The molecule has 1 aliphatic rings. The highest BCUT2D eigenvalue weighted by Gasteiger charge is 2.25. The Bertz CT molecular complexity index is 601. The highest BCUT2D eigenvalue weighted by Crippen LogP contribution is 2.15. The van der Waals surface area contributed by atoms with E-state index in [1.54, 1.807) is 7.05 Å². The van der Waals surface area contributed by atoms with Gasteiger partial charge in [0, 0.05) is 32.6 Å². The molecule has 1 atom stereocenters. The van der Waals surface area contributed by atoms with Crippen LogP contribution in [0, 0.1) is 13.8 Å². The topological polar surface area (TPSA) is 66.0 Å². The number of carbonyl (C=O) groups is 1. The molecule has 6 nitrogen and oxygen atoms in total. The highest BCUT2D eigenvalue weighted by molar-refractivity contribution is 14.0. The van der Waals surface area contributed by atoms with Crippen molar-refractivity contribution in [2.75, 3.05) is 33.3 Å². The van der Waals surface area contributed by atoms with E-state index < -0.39 is 0 Å². The van der Waals surface area contributed by atoms with E-state index in [4.69, 9.17) is 4.74 Å². The van der Waals surface area contributed by atoms with E-state index in [1.165, 1.54) is 11.1 Å². The Balaban J connectivity index is 0.00000338. The van der Waals surface area contributed by atoms with E-state index in [1.807, 2.05) is 24.0 Å². The lowest BCUT2D eigenvalue weighted by atomic mass is 10.1. The lowest BCUT2D eigenvalue weighted by molar-refractivity contribution is -0.129. The van der Waals surface area contributed by atoms with E-state index in [-0.39, 0.29) is 35.9 Å². The van der Waals surface area contributed by atoms with E-state index in [0.717, 1.165) is 31.2 Å². The molecule has 7 heteroatoms. The Labute approximate surface area is 173 Å². The van der Waals surface area contributed by atoms with Gasteiger partial charge in [0.2, 0.25) is 5.91 Å². The van der Waals surface area contributed by atoms with Crippen molar-refractivity contribution in [3.63, 3.8) is 0 Å². The summed E-state index contributed by atoms with van der Waals surface area (Å²) >= 11 is 0. The maximum atomic E-state index is 11.7. The molecule has 0 spiro atoms. The summed E-state index contributed by atoms with van der Waals surface area (Å²) in [4.78, 5) is 17.9. The van der Waals surface area contributed by atoms with Gasteiger partial charge in [-0.2, -0.15) is 0 Å². The number of aliphatic imine (C=N–C) groups is 1. The first kappa shape index (κ1) is 22.5. The first-order valence-corrected chi connectivity index (χ1v) is 8.98. The van der Waals surface area contributed by atoms with Crippen molar-refractivity contribution < 1.29 is 9.53 Å². The van der Waals surface area contributed by atoms with Gasteiger partial charge in [-0.05, 0) is 43.5 Å². The highest BCUT2D eigenvalue weighted by atomic mass is 127. The molecule has 1 heterocycles. The summed E-state index contributed by atoms with van der Waals surface area (Å²) in [6.45, 7) is 8.82. The lowest BCUT2D eigenvalue weighted by Gasteiger charge is -2.19. The van der Waals surface area contributed by atoms with Crippen LogP contribution in [0.5, 0.6) is 5.75 Å². The summed E-state index contributed by atoms with van der Waals surface area (Å²) in [6, 6.07) is 6.46. The number of rotatable bonds is 6. The predicted octanol–water partition coefficient (Wildman–Crippen LogP) is 2.48. The fraction of sp³-hybridized carbons (Fsp3) is 0.579. The van der Waals surface area contributed by atoms with Crippen molar-refractivity contribution in [1.82, 2.24) is 15.5 Å². The Hall–Kier alpha value is -1.51. The van der Waals surface area contributed by atoms with Crippen LogP contribution in [0.3, 0.4) is 0 Å². The van der Waals surface area contributed by atoms with Gasteiger partial charge in [-0.1, -0.05) is 13.0 Å². The fourth-order valence-electron chi connectivity index (χ4n) is 3.07. The molecule has 26 heavy (non-hydrogen) atoms. The van der Waals surface area contributed by atoms with Crippen molar-refractivity contribution >= 4 is 35.8 Å². The van der Waals surface area contributed by atoms with Crippen molar-refractivity contribution in [3.05, 3.63) is 29.3 Å². The van der Waals surface area contributed by atoms with Crippen molar-refractivity contribution in [2.45, 2.75) is 39.7 Å². The number of amides is 1. The molecule has 2 rings (SSSR count). The number of ether oxygens (including phenoxy) is 1. The summed E-state index contributed by atoms with van der Waals surface area (Å²) in [7, 11) is 1.75. The van der Waals surface area contributed by atoms with Crippen LogP contribution in [-0.2, 0) is 4.79 Å². The van der Waals surface area contributed by atoms with E-state index in [2.05, 4.69) is 35.5 Å². The monoisotopic (exact) mass is 474 g/mol. The zero-order valence-corrected chi connectivity index (χ0v) is 18.5. The largest absolute Gasteiger partial charge is 0.492 e. The number of hydrogen-bond donors (Lipinski definition) is 2. The number of carbonyl (C=O) groups excluding carboxylic acids is 1. The number of nitrogens with zero attached hydrogens (tertiary/aromatic N) is 2. The molecule has 0 saturated carbocycles. The average Bonchev–Trinajstić information content (AvgIpc) is 3.04. The van der Waals surface area contributed by atoms with E-state index in [0.29, 0.717) is 19.6 Å². The molecule has 146 valence electrons. The maximum Gasteiger partial charge on any atom is 0.222 e. The van der Waals surface area contributed by atoms with Gasteiger partial charge in [0.1, 0.15) is 12.4 Å². The number of hydrogen-bond acceptors (Lipinski definition) is 3. The molecule has 0 radical (unpaired) electrons. The average molecular weight is 474 g/mol. The zero-order valence-electron chi connectivity index (χ0n) is 16.2. The van der Waals surface area contributed by atoms with Crippen molar-refractivity contribution in [3.8, 4) is 5.75 Å². The molecule has 1 unspecified atom stereocenters. The van der Waals surface area contributed by atoms with Crippen LogP contribution in [0.4, 0.5) is 0 Å². The van der Waals surface area contributed by atoms with Crippen molar-refractivity contribution in [1.29, 1.82) is 0 Å². The van der Waals surface area contributed by atoms with Gasteiger partial charge >= 0.3 is 0 Å². The minimum absolute atomic E-state index is 0. The Morgan fingerprint density at radius 2 is 2.00 bits per heavy atom. The second kappa shape index (κ2) is 11.3. The van der Waals surface area contributed by atoms with Crippen LogP contribution >= 0.6 is 24.0 Å². The molecule has 1 saturated heterocycles. The second-order valence-corrected chi connectivity index (χ2v) is 6.49. The molecule has 0 aromatic heterocycles. The lowest BCUT2D eigenvalue weighted by Crippen LogP contribution is -2.46. The Kier molecular flexibility index (Phi) is 9.75. The molecule has 1 fully saturated rings. The summed E-state index contributed by atoms with van der Waals surface area (Å²) in [6.07, 6.45) is 1.51. The van der Waals surface area contributed by atoms with Gasteiger partial charge < -0.3 is 20.3 Å². The third kappa shape index (κ3) is 7.01. The predicted molar refractivity (Wildman–Crippen MR) is 117 cm³/mol. The standard InChI is InChI=1S/C19H30N4O2.HI/c1-5-18(24)23-8-6-16(13-23)22-19(20-4)21-7-9-25-17-11-14(2)10-15(3)12-17;/h10-12,16H,5-9,13H2,1-4H3,(H2,20,21,22);1H. The van der Waals surface area contributed by atoms with Crippen LogP contribution in [-0.4, -0.2) is 56.1 Å². The minimum atomic E-state index is 0. The Morgan fingerprint density at radius 3 is 2.62 bits per heavy atom. The molecule has 1 aromatic carbocycles. The zero-order chi connectivity index (χ0) is 18.2. The summed E-state index contributed by atoms with van der Waals surface area (Å²) in [5, 5.41) is 6.65. The molecule has 0 aliphatic carbocycles. The van der Waals surface area contributed by atoms with Crippen LogP contribution in [0.25, 0.3) is 0 Å². The van der Waals surface area contributed by atoms with E-state index >= 15 is 0 Å². The number of nitrogens with one attached hydrogen (secondary N) is 2. The fourth-order valence-corrected chi connectivity index (χ4v) is 3.07. The van der Waals surface area contributed by atoms with Crippen molar-refractivity contribution in [2.24, 2.45) is 4.99 Å². The normalized spacial score (nSPS) is 16.8. The van der Waals surface area contributed by atoms with Gasteiger partial charge in [0.15, 0.2) is 5.96 Å². The number of guanidine groups is 1. The first-order valence-electron chi connectivity index (χ1n) is 8.98. The van der Waals surface area contributed by atoms with Gasteiger partial charge in [0.25, 0.3) is 0 Å². The maximum absolute atomic E-state index is 11.7. The molecule has 2 N–H and O–H groups in total. The van der Waals surface area contributed by atoms with Gasteiger partial charge in [-0.3, -0.25) is 9.79 Å². The Morgan fingerprint density at radius 1 is 1.31 bits per heavy atom. The molecule has 0 bridgehead atoms. The van der Waals surface area contributed by atoms with Gasteiger partial charge in [-0.15, -0.1) is 24.0 Å². The second-order valence-electron chi connectivity index (χ2n) is 6.49. The van der Waals surface area contributed by atoms with Crippen LogP contribution < -0.4 is 15.4 Å². The summed E-state index contributed by atoms with van der Waals surface area (Å²) in [5.74, 6) is 1.86. The molecule has 1 aliphatic heterocycles. The third-order valence-corrected chi connectivity index (χ3v) is 4.27. The quantitative estimate of drug-likeness (QED) is 0.288. The third-order valence-electron chi connectivity index (χ3n) is 4.27. The first-order chi connectivity index (χ1) is 12.0. The molecular weight excluding hydrogens is 443 g/mol. The number of likely N-dealkylation sites (tertiary alicyclic amines) is 1.